The van der Waals surface area contributed by atoms with Gasteiger partial charge in [-0.3, -0.25) is 14.4 Å². The molecule has 1 amide bonds. The minimum Gasteiger partial charge on any atom is -0.465 e. The number of hydrogen-bond donors (Lipinski definition) is 1. The van der Waals surface area contributed by atoms with Gasteiger partial charge < -0.3 is 18.8 Å². The second-order valence-electron chi connectivity index (χ2n) is 9.16. The van der Waals surface area contributed by atoms with Gasteiger partial charge >= 0.3 is 5.97 Å². The van der Waals surface area contributed by atoms with Crippen molar-refractivity contribution in [3.8, 4) is 11.3 Å². The van der Waals surface area contributed by atoms with E-state index >= 15 is 0 Å². The summed E-state index contributed by atoms with van der Waals surface area (Å²) in [6.07, 6.45) is 6.60. The molecule has 0 aromatic carbocycles. The second kappa shape index (κ2) is 9.37. The molecule has 0 saturated carbocycles. The van der Waals surface area contributed by atoms with E-state index in [2.05, 4.69) is 10.2 Å². The van der Waals surface area contributed by atoms with Crippen molar-refractivity contribution in [2.75, 3.05) is 32.2 Å². The summed E-state index contributed by atoms with van der Waals surface area (Å²) in [6, 6.07) is 4.74. The number of carbonyl (C=O) groups is 2. The molecule has 4 aliphatic heterocycles. The SMILES string of the molecule is COC(=O)c1cn([C@@H](CCSC)C(=O)N2C[C@H]3C[C@@H](C2)c2cccc(=O)n2C3)cc2c(=O)[nH]nc1-2. The molecule has 0 unspecified atom stereocenters. The molecule has 11 heteroatoms. The van der Waals surface area contributed by atoms with Gasteiger partial charge in [0.1, 0.15) is 17.3 Å². The van der Waals surface area contributed by atoms with Crippen LogP contribution in [-0.4, -0.2) is 68.3 Å². The summed E-state index contributed by atoms with van der Waals surface area (Å²) in [5.41, 5.74) is 1.15. The highest BCUT2D eigenvalue weighted by Crippen LogP contribution is 2.36. The number of thioether (sulfide) groups is 1. The Labute approximate surface area is 205 Å². The number of likely N-dealkylation sites (tertiary alicyclic amines) is 1. The predicted octanol–water partition coefficient (Wildman–Crippen LogP) is 1.56. The number of H-pyrrole nitrogens is 1. The zero-order valence-corrected chi connectivity index (χ0v) is 20.4. The predicted molar refractivity (Wildman–Crippen MR) is 131 cm³/mol. The molecule has 1 aromatic heterocycles. The lowest BCUT2D eigenvalue weighted by Crippen LogP contribution is -2.50. The molecule has 4 aliphatic rings. The zero-order chi connectivity index (χ0) is 24.7. The largest absolute Gasteiger partial charge is 0.465 e. The summed E-state index contributed by atoms with van der Waals surface area (Å²) in [5.74, 6) is 0.343. The lowest BCUT2D eigenvalue weighted by atomic mass is 9.83. The minimum absolute atomic E-state index is 0.00236. The number of aromatic amines is 1. The van der Waals surface area contributed by atoms with Gasteiger partial charge in [0.15, 0.2) is 0 Å². The third kappa shape index (κ3) is 4.18. The number of carbonyl (C=O) groups excluding carboxylic acids is 2. The fraction of sp³-hybridized carbons (Fsp3) is 0.458. The van der Waals surface area contributed by atoms with Crippen LogP contribution < -0.4 is 11.1 Å². The molecular weight excluding hydrogens is 470 g/mol. The molecule has 5 heterocycles. The molecule has 1 N–H and O–H groups in total. The number of rotatable bonds is 6. The van der Waals surface area contributed by atoms with Crippen LogP contribution in [0.4, 0.5) is 0 Å². The fourth-order valence-electron chi connectivity index (χ4n) is 5.41. The molecular formula is C24H27N5O5S. The van der Waals surface area contributed by atoms with Crippen molar-refractivity contribution in [2.24, 2.45) is 5.92 Å². The van der Waals surface area contributed by atoms with Crippen LogP contribution in [-0.2, 0) is 16.1 Å². The van der Waals surface area contributed by atoms with E-state index in [1.807, 2.05) is 21.8 Å². The van der Waals surface area contributed by atoms with E-state index in [1.165, 1.54) is 7.11 Å². The lowest BCUT2D eigenvalue weighted by molar-refractivity contribution is -0.137. The standard InChI is InChI=1S/C24H27N5O5S/c1-34-24(33)17-13-27(12-16-21(17)25-26-22(16)31)19(6-7-35-2)23(32)28-9-14-8-15(11-28)18-4-3-5-20(30)29(18)10-14/h3-5,12-15,19H,6-11H2,1-2H3,(H,26,31)/t14-,15+,19+/m1/s1. The molecule has 1 fully saturated rings. The topological polar surface area (TPSA) is 119 Å². The molecule has 1 aromatic rings. The average molecular weight is 498 g/mol. The van der Waals surface area contributed by atoms with E-state index in [9.17, 15) is 19.2 Å². The normalized spacial score (nSPS) is 19.9. The first-order valence-electron chi connectivity index (χ1n) is 11.6. The minimum atomic E-state index is -0.624. The summed E-state index contributed by atoms with van der Waals surface area (Å²) >= 11 is 1.63. The molecule has 0 aliphatic carbocycles. The molecule has 1 saturated heterocycles. The summed E-state index contributed by atoms with van der Waals surface area (Å²) < 4.78 is 8.40. The first kappa shape index (κ1) is 23.4. The fourth-order valence-corrected chi connectivity index (χ4v) is 5.87. The van der Waals surface area contributed by atoms with E-state index in [-0.39, 0.29) is 40.1 Å². The highest BCUT2D eigenvalue weighted by atomic mass is 32.2. The van der Waals surface area contributed by atoms with Crippen molar-refractivity contribution in [1.29, 1.82) is 0 Å². The van der Waals surface area contributed by atoms with Gasteiger partial charge in [-0.25, -0.2) is 9.89 Å². The molecule has 0 spiro atoms. The number of fused-ring (bicyclic) bond motifs is 5. The third-order valence-electron chi connectivity index (χ3n) is 7.02. The highest BCUT2D eigenvalue weighted by molar-refractivity contribution is 7.98. The maximum Gasteiger partial charge on any atom is 0.341 e. The van der Waals surface area contributed by atoms with E-state index in [0.29, 0.717) is 26.1 Å². The molecule has 3 atom stereocenters. The summed E-state index contributed by atoms with van der Waals surface area (Å²) in [6.45, 7) is 1.70. The van der Waals surface area contributed by atoms with Gasteiger partial charge in [-0.1, -0.05) is 6.07 Å². The van der Waals surface area contributed by atoms with Gasteiger partial charge in [-0.2, -0.15) is 16.9 Å². The van der Waals surface area contributed by atoms with Gasteiger partial charge in [0.05, 0.1) is 12.7 Å². The number of nitrogens with zero attached hydrogens (tertiary/aromatic N) is 4. The average Bonchev–Trinajstić information content (AvgIpc) is 3.24. The Bertz CT molecular complexity index is 1360. The molecule has 5 rings (SSSR count). The highest BCUT2D eigenvalue weighted by Gasteiger charge is 2.38. The molecule has 35 heavy (non-hydrogen) atoms. The number of hydrogen-bond acceptors (Lipinski definition) is 7. The van der Waals surface area contributed by atoms with E-state index < -0.39 is 17.6 Å². The lowest BCUT2D eigenvalue weighted by Gasteiger charge is -2.43. The van der Waals surface area contributed by atoms with Crippen LogP contribution in [0.5, 0.6) is 0 Å². The number of pyridine rings is 2. The maximum absolute atomic E-state index is 13.9. The van der Waals surface area contributed by atoms with Gasteiger partial charge in [0.2, 0.25) is 5.91 Å². The first-order valence-corrected chi connectivity index (χ1v) is 13.0. The van der Waals surface area contributed by atoms with Crippen molar-refractivity contribution in [1.82, 2.24) is 24.2 Å². The van der Waals surface area contributed by atoms with E-state index in [1.54, 1.807) is 40.9 Å². The van der Waals surface area contributed by atoms with Gasteiger partial charge in [0.25, 0.3) is 11.1 Å². The Balaban J connectivity index is 1.51. The van der Waals surface area contributed by atoms with Gasteiger partial charge in [0, 0.05) is 49.7 Å². The summed E-state index contributed by atoms with van der Waals surface area (Å²) in [4.78, 5) is 53.0. The number of ether oxygens (including phenoxy) is 1. The molecule has 184 valence electrons. The maximum atomic E-state index is 13.9. The van der Waals surface area contributed by atoms with Gasteiger partial charge in [-0.15, -0.1) is 0 Å². The second-order valence-corrected chi connectivity index (χ2v) is 10.1. The third-order valence-corrected chi connectivity index (χ3v) is 7.66. The number of esters is 1. The van der Waals surface area contributed by atoms with Gasteiger partial charge in [-0.05, 0) is 36.8 Å². The first-order chi connectivity index (χ1) is 16.9. The smallest absolute Gasteiger partial charge is 0.341 e. The van der Waals surface area contributed by atoms with Crippen molar-refractivity contribution in [3.63, 3.8) is 0 Å². The van der Waals surface area contributed by atoms with Crippen molar-refractivity contribution < 1.29 is 14.3 Å². The number of nitrogens with one attached hydrogen (secondary N) is 1. The van der Waals surface area contributed by atoms with E-state index in [0.717, 1.165) is 17.9 Å². The zero-order valence-electron chi connectivity index (χ0n) is 19.6. The van der Waals surface area contributed by atoms with Crippen LogP contribution >= 0.6 is 11.8 Å². The Morgan fingerprint density at radius 2 is 2.06 bits per heavy atom. The monoisotopic (exact) mass is 497 g/mol. The van der Waals surface area contributed by atoms with E-state index in [4.69, 9.17) is 4.74 Å². The van der Waals surface area contributed by atoms with Crippen LogP contribution in [0.3, 0.4) is 0 Å². The van der Waals surface area contributed by atoms with Crippen molar-refractivity contribution in [2.45, 2.75) is 31.3 Å². The van der Waals surface area contributed by atoms with Crippen LogP contribution in [0.2, 0.25) is 0 Å². The quantitative estimate of drug-likeness (QED) is 0.514. The molecule has 2 bridgehead atoms. The summed E-state index contributed by atoms with van der Waals surface area (Å²) in [5, 5.41) is 6.36. The molecule has 10 nitrogen and oxygen atoms in total. The van der Waals surface area contributed by atoms with Crippen LogP contribution in [0.15, 0.2) is 40.2 Å². The van der Waals surface area contributed by atoms with Crippen LogP contribution in [0.25, 0.3) is 11.3 Å². The number of aromatic nitrogens is 4. The number of methoxy groups -OCH3 is 1. The van der Waals surface area contributed by atoms with Crippen molar-refractivity contribution >= 4 is 23.6 Å². The number of amides is 1. The van der Waals surface area contributed by atoms with Crippen molar-refractivity contribution in [3.05, 3.63) is 62.6 Å². The molecule has 0 radical (unpaired) electrons. The Kier molecular flexibility index (Phi) is 6.26. The Hall–Kier alpha value is -3.34. The Morgan fingerprint density at radius 3 is 2.83 bits per heavy atom. The number of piperidine rings is 1. The Morgan fingerprint density at radius 1 is 1.23 bits per heavy atom. The summed E-state index contributed by atoms with van der Waals surface area (Å²) in [7, 11) is 1.27. The van der Waals surface area contributed by atoms with Crippen LogP contribution in [0, 0.1) is 5.92 Å². The van der Waals surface area contributed by atoms with Crippen LogP contribution in [0.1, 0.15) is 40.9 Å².